The molecule has 0 atom stereocenters. The van der Waals surface area contributed by atoms with Crippen molar-refractivity contribution in [3.63, 3.8) is 0 Å². The van der Waals surface area contributed by atoms with E-state index in [4.69, 9.17) is 14.8 Å². The molecule has 4 rings (SSSR count). The molecule has 2 N–H and O–H groups in total. The summed E-state index contributed by atoms with van der Waals surface area (Å²) in [4.78, 5) is 9.14. The van der Waals surface area contributed by atoms with E-state index in [2.05, 4.69) is 34.1 Å². The second-order valence-corrected chi connectivity index (χ2v) is 6.98. The summed E-state index contributed by atoms with van der Waals surface area (Å²) in [5.41, 5.74) is 8.93. The average Bonchev–Trinajstić information content (AvgIpc) is 3.27. The van der Waals surface area contributed by atoms with E-state index < -0.39 is 5.54 Å². The number of nitrogens with zero attached hydrogens (tertiary/aromatic N) is 4. The molecule has 1 aliphatic carbocycles. The minimum absolute atomic E-state index is 0.247. The van der Waals surface area contributed by atoms with Crippen molar-refractivity contribution in [3.05, 3.63) is 23.3 Å². The number of hydrogen-bond donors (Lipinski definition) is 1. The van der Waals surface area contributed by atoms with Gasteiger partial charge >= 0.3 is 0 Å². The Morgan fingerprint density at radius 2 is 1.88 bits per heavy atom. The lowest BCUT2D eigenvalue weighted by molar-refractivity contribution is 0.373. The van der Waals surface area contributed by atoms with Crippen LogP contribution in [0.2, 0.25) is 0 Å². The maximum absolute atomic E-state index is 6.44. The van der Waals surface area contributed by atoms with Gasteiger partial charge in [0.2, 0.25) is 0 Å². The van der Waals surface area contributed by atoms with Gasteiger partial charge in [-0.2, -0.15) is 4.98 Å². The molecule has 0 unspecified atom stereocenters. The van der Waals surface area contributed by atoms with E-state index in [1.807, 2.05) is 13.0 Å². The molecule has 3 aromatic heterocycles. The van der Waals surface area contributed by atoms with Crippen LogP contribution in [0.4, 0.5) is 0 Å². The predicted octanol–water partition coefficient (Wildman–Crippen LogP) is 3.43. The summed E-state index contributed by atoms with van der Waals surface area (Å²) in [6, 6.07) is 1.98. The smallest absolute Gasteiger partial charge is 0.259 e. The summed E-state index contributed by atoms with van der Waals surface area (Å²) in [6.45, 7) is 6.03. The first-order valence-electron chi connectivity index (χ1n) is 8.38. The van der Waals surface area contributed by atoms with Gasteiger partial charge in [0, 0.05) is 5.69 Å². The van der Waals surface area contributed by atoms with E-state index >= 15 is 0 Å². The number of aromatic nitrogens is 4. The molecule has 0 aromatic carbocycles. The van der Waals surface area contributed by atoms with Crippen molar-refractivity contribution in [3.8, 4) is 11.5 Å². The van der Waals surface area contributed by atoms with Crippen molar-refractivity contribution in [1.82, 2.24) is 20.3 Å². The molecule has 7 heteroatoms. The van der Waals surface area contributed by atoms with Gasteiger partial charge in [0.25, 0.3) is 11.6 Å². The van der Waals surface area contributed by atoms with Gasteiger partial charge < -0.3 is 14.8 Å². The third kappa shape index (κ3) is 2.31. The summed E-state index contributed by atoms with van der Waals surface area (Å²) in [7, 11) is 0. The second kappa shape index (κ2) is 5.37. The Labute approximate surface area is 139 Å². The quantitative estimate of drug-likeness (QED) is 0.785. The maximum atomic E-state index is 6.44. The van der Waals surface area contributed by atoms with Crippen LogP contribution in [0.3, 0.4) is 0 Å². The van der Waals surface area contributed by atoms with Gasteiger partial charge in [0.15, 0.2) is 5.82 Å². The number of aryl methyl sites for hydroxylation is 1. The molecule has 0 radical (unpaired) electrons. The average molecular weight is 327 g/mol. The number of fused-ring (bicyclic) bond motifs is 1. The molecule has 7 nitrogen and oxygen atoms in total. The van der Waals surface area contributed by atoms with Crippen LogP contribution in [0.1, 0.15) is 62.7 Å². The lowest BCUT2D eigenvalue weighted by Gasteiger charge is -2.17. The predicted molar refractivity (Wildman–Crippen MR) is 88.3 cm³/mol. The zero-order valence-electron chi connectivity index (χ0n) is 14.2. The van der Waals surface area contributed by atoms with Crippen LogP contribution in [-0.4, -0.2) is 20.3 Å². The van der Waals surface area contributed by atoms with Crippen LogP contribution < -0.4 is 5.73 Å². The molecular weight excluding hydrogens is 306 g/mol. The standard InChI is InChI=1S/C17H21N5O2/c1-9(2)12-8-11(13-10(3)21-24-15(13)19-12)14-20-16(22-23-14)17(18)6-4-5-7-17/h8-9H,4-7,18H2,1-3H3. The van der Waals surface area contributed by atoms with Crippen LogP contribution in [0.15, 0.2) is 15.1 Å². The number of nitrogens with two attached hydrogens (primary N) is 1. The Kier molecular flexibility index (Phi) is 3.42. The fourth-order valence-electron chi connectivity index (χ4n) is 3.34. The highest BCUT2D eigenvalue weighted by molar-refractivity contribution is 5.91. The molecule has 3 heterocycles. The minimum Gasteiger partial charge on any atom is -0.336 e. The van der Waals surface area contributed by atoms with Gasteiger partial charge in [-0.1, -0.05) is 37.0 Å². The summed E-state index contributed by atoms with van der Waals surface area (Å²) < 4.78 is 10.9. The summed E-state index contributed by atoms with van der Waals surface area (Å²) in [5.74, 6) is 1.28. The largest absolute Gasteiger partial charge is 0.336 e. The number of pyridine rings is 1. The van der Waals surface area contributed by atoms with Crippen molar-refractivity contribution < 1.29 is 9.05 Å². The van der Waals surface area contributed by atoms with Crippen molar-refractivity contribution in [2.45, 2.75) is 57.9 Å². The Morgan fingerprint density at radius 3 is 2.58 bits per heavy atom. The van der Waals surface area contributed by atoms with E-state index in [0.717, 1.165) is 48.0 Å². The first-order valence-corrected chi connectivity index (χ1v) is 8.38. The van der Waals surface area contributed by atoms with Crippen LogP contribution in [0.25, 0.3) is 22.6 Å². The first-order chi connectivity index (χ1) is 11.5. The molecule has 1 fully saturated rings. The summed E-state index contributed by atoms with van der Waals surface area (Å²) in [5, 5.41) is 9.00. The minimum atomic E-state index is -0.474. The van der Waals surface area contributed by atoms with E-state index in [0.29, 0.717) is 17.4 Å². The maximum Gasteiger partial charge on any atom is 0.259 e. The molecule has 3 aromatic rings. The molecule has 24 heavy (non-hydrogen) atoms. The van der Waals surface area contributed by atoms with E-state index in [-0.39, 0.29) is 5.92 Å². The van der Waals surface area contributed by atoms with Crippen molar-refractivity contribution in [2.24, 2.45) is 5.73 Å². The third-order valence-electron chi connectivity index (χ3n) is 4.83. The summed E-state index contributed by atoms with van der Waals surface area (Å²) in [6.07, 6.45) is 3.98. The van der Waals surface area contributed by atoms with Crippen LogP contribution in [0.5, 0.6) is 0 Å². The Morgan fingerprint density at radius 1 is 1.12 bits per heavy atom. The van der Waals surface area contributed by atoms with Crippen molar-refractivity contribution in [1.29, 1.82) is 0 Å². The number of hydrogen-bond acceptors (Lipinski definition) is 7. The molecule has 0 amide bonds. The molecule has 0 spiro atoms. The van der Waals surface area contributed by atoms with E-state index in [1.54, 1.807) is 0 Å². The van der Waals surface area contributed by atoms with Gasteiger partial charge in [-0.15, -0.1) is 0 Å². The summed E-state index contributed by atoms with van der Waals surface area (Å²) >= 11 is 0. The highest BCUT2D eigenvalue weighted by Gasteiger charge is 2.36. The monoisotopic (exact) mass is 327 g/mol. The zero-order chi connectivity index (χ0) is 16.9. The van der Waals surface area contributed by atoms with Gasteiger partial charge in [-0.05, 0) is 31.7 Å². The highest BCUT2D eigenvalue weighted by Crippen LogP contribution is 2.37. The normalized spacial score (nSPS) is 17.2. The van der Waals surface area contributed by atoms with Gasteiger partial charge in [-0.3, -0.25) is 0 Å². The molecule has 0 saturated heterocycles. The van der Waals surface area contributed by atoms with E-state index in [1.165, 1.54) is 0 Å². The lowest BCUT2D eigenvalue weighted by atomic mass is 9.98. The van der Waals surface area contributed by atoms with Crippen LogP contribution in [0, 0.1) is 6.92 Å². The highest BCUT2D eigenvalue weighted by atomic mass is 16.5. The lowest BCUT2D eigenvalue weighted by Crippen LogP contribution is -2.34. The molecule has 126 valence electrons. The Bertz CT molecular complexity index is 890. The van der Waals surface area contributed by atoms with Crippen molar-refractivity contribution >= 4 is 11.1 Å². The van der Waals surface area contributed by atoms with Crippen LogP contribution in [-0.2, 0) is 5.54 Å². The molecule has 0 aliphatic heterocycles. The van der Waals surface area contributed by atoms with Gasteiger partial charge in [0.05, 0.1) is 22.2 Å². The topological polar surface area (TPSA) is 104 Å². The molecular formula is C17H21N5O2. The van der Waals surface area contributed by atoms with Gasteiger partial charge in [-0.25, -0.2) is 4.98 Å². The number of rotatable bonds is 3. The molecule has 1 saturated carbocycles. The Hall–Kier alpha value is -2.28. The third-order valence-corrected chi connectivity index (χ3v) is 4.83. The zero-order valence-corrected chi connectivity index (χ0v) is 14.2. The SMILES string of the molecule is Cc1noc2nc(C(C)C)cc(-c3nc(C4(N)CCCC4)no3)c12. The molecule has 1 aliphatic rings. The fraction of sp³-hybridized carbons (Fsp3) is 0.529. The first kappa shape index (κ1) is 15.3. The second-order valence-electron chi connectivity index (χ2n) is 6.98. The fourth-order valence-corrected chi connectivity index (χ4v) is 3.34. The van der Waals surface area contributed by atoms with Crippen molar-refractivity contribution in [2.75, 3.05) is 0 Å². The van der Waals surface area contributed by atoms with Crippen LogP contribution >= 0.6 is 0 Å². The molecule has 0 bridgehead atoms. The van der Waals surface area contributed by atoms with E-state index in [9.17, 15) is 0 Å². The Balaban J connectivity index is 1.87. The van der Waals surface area contributed by atoms with Gasteiger partial charge in [0.1, 0.15) is 0 Å².